The number of morpholine rings is 2. The van der Waals surface area contributed by atoms with E-state index in [1.807, 2.05) is 6.20 Å². The third kappa shape index (κ3) is 2.72. The predicted molar refractivity (Wildman–Crippen MR) is 82.0 cm³/mol. The smallest absolute Gasteiger partial charge is 0.130 e. The summed E-state index contributed by atoms with van der Waals surface area (Å²) in [6.07, 6.45) is 5.43. The molecule has 0 radical (unpaired) electrons. The first-order chi connectivity index (χ1) is 10.3. The first-order valence-corrected chi connectivity index (χ1v) is 8.01. The number of pyridine rings is 1. The van der Waals surface area contributed by atoms with Crippen LogP contribution >= 0.6 is 0 Å². The van der Waals surface area contributed by atoms with Crippen molar-refractivity contribution < 1.29 is 9.47 Å². The third-order valence-corrected chi connectivity index (χ3v) is 4.70. The van der Waals surface area contributed by atoms with Crippen LogP contribution in [0, 0.1) is 0 Å². The highest BCUT2D eigenvalue weighted by Gasteiger charge is 2.34. The van der Waals surface area contributed by atoms with Crippen LogP contribution in [0.2, 0.25) is 0 Å². The van der Waals surface area contributed by atoms with Crippen LogP contribution in [0.25, 0.3) is 0 Å². The molecule has 1 aromatic rings. The van der Waals surface area contributed by atoms with Crippen LogP contribution < -0.4 is 9.80 Å². The van der Waals surface area contributed by atoms with E-state index in [9.17, 15) is 0 Å². The van der Waals surface area contributed by atoms with Gasteiger partial charge in [-0.3, -0.25) is 0 Å². The quantitative estimate of drug-likeness (QED) is 0.828. The van der Waals surface area contributed by atoms with Crippen LogP contribution in [0.1, 0.15) is 19.8 Å². The summed E-state index contributed by atoms with van der Waals surface area (Å²) in [5.41, 5.74) is 1.26. The molecule has 3 aliphatic heterocycles. The molecule has 4 rings (SSSR count). The van der Waals surface area contributed by atoms with E-state index in [2.05, 4.69) is 33.8 Å². The second-order valence-electron chi connectivity index (χ2n) is 6.36. The Morgan fingerprint density at radius 3 is 2.71 bits per heavy atom. The Kier molecular flexibility index (Phi) is 3.47. The zero-order valence-corrected chi connectivity index (χ0v) is 12.6. The van der Waals surface area contributed by atoms with E-state index in [1.54, 1.807) is 0 Å². The Balaban J connectivity index is 1.52. The summed E-state index contributed by atoms with van der Waals surface area (Å²) >= 11 is 0. The zero-order chi connectivity index (χ0) is 14.2. The molecule has 114 valence electrons. The lowest BCUT2D eigenvalue weighted by molar-refractivity contribution is 0.0302. The second-order valence-corrected chi connectivity index (χ2v) is 6.36. The number of aromatic nitrogens is 1. The standard InChI is InChI=1S/C16H23N3O2/c1-12-9-18(6-7-20-12)13-4-5-17-16(8-13)19-10-14-2-3-15(11-19)21-14/h4-5,8,12,14-15H,2-3,6-7,9-11H2,1H3. The Bertz CT molecular complexity index is 498. The lowest BCUT2D eigenvalue weighted by atomic mass is 10.2. The summed E-state index contributed by atoms with van der Waals surface area (Å²) < 4.78 is 11.5. The molecule has 0 amide bonds. The molecule has 3 fully saturated rings. The van der Waals surface area contributed by atoms with Gasteiger partial charge in [0.25, 0.3) is 0 Å². The molecule has 3 aliphatic rings. The van der Waals surface area contributed by atoms with Gasteiger partial charge in [0.2, 0.25) is 0 Å². The molecule has 5 heteroatoms. The monoisotopic (exact) mass is 289 g/mol. The minimum Gasteiger partial charge on any atom is -0.375 e. The number of fused-ring (bicyclic) bond motifs is 2. The molecular weight excluding hydrogens is 266 g/mol. The van der Waals surface area contributed by atoms with Crippen molar-refractivity contribution in [2.24, 2.45) is 0 Å². The van der Waals surface area contributed by atoms with Gasteiger partial charge in [0.1, 0.15) is 5.82 Å². The fraction of sp³-hybridized carbons (Fsp3) is 0.688. The van der Waals surface area contributed by atoms with Gasteiger partial charge in [0, 0.05) is 44.1 Å². The maximum absolute atomic E-state index is 5.91. The van der Waals surface area contributed by atoms with Crippen LogP contribution in [-0.4, -0.2) is 56.1 Å². The van der Waals surface area contributed by atoms with E-state index in [-0.39, 0.29) is 0 Å². The largest absolute Gasteiger partial charge is 0.375 e. The van der Waals surface area contributed by atoms with Gasteiger partial charge in [-0.15, -0.1) is 0 Å². The molecule has 0 aliphatic carbocycles. The first-order valence-electron chi connectivity index (χ1n) is 8.01. The molecule has 2 bridgehead atoms. The molecular formula is C16H23N3O2. The third-order valence-electron chi connectivity index (χ3n) is 4.70. The normalized spacial score (nSPS) is 32.5. The van der Waals surface area contributed by atoms with Gasteiger partial charge in [-0.2, -0.15) is 0 Å². The molecule has 5 nitrogen and oxygen atoms in total. The van der Waals surface area contributed by atoms with E-state index >= 15 is 0 Å². The van der Waals surface area contributed by atoms with Crippen LogP contribution in [-0.2, 0) is 9.47 Å². The first kappa shape index (κ1) is 13.3. The molecule has 4 heterocycles. The summed E-state index contributed by atoms with van der Waals surface area (Å²) in [5.74, 6) is 1.09. The zero-order valence-electron chi connectivity index (χ0n) is 12.6. The molecule has 3 atom stereocenters. The molecule has 0 spiro atoms. The fourth-order valence-electron chi connectivity index (χ4n) is 3.63. The van der Waals surface area contributed by atoms with Gasteiger partial charge in [-0.05, 0) is 25.8 Å². The Morgan fingerprint density at radius 2 is 1.95 bits per heavy atom. The van der Waals surface area contributed by atoms with E-state index in [0.29, 0.717) is 18.3 Å². The summed E-state index contributed by atoms with van der Waals surface area (Å²) in [4.78, 5) is 9.37. The number of nitrogens with zero attached hydrogens (tertiary/aromatic N) is 3. The maximum atomic E-state index is 5.91. The SMILES string of the molecule is CC1CN(c2ccnc(N3CC4CCC(C3)O4)c2)CCO1. The lowest BCUT2D eigenvalue weighted by Gasteiger charge is -2.35. The van der Waals surface area contributed by atoms with E-state index < -0.39 is 0 Å². The molecule has 3 saturated heterocycles. The number of rotatable bonds is 2. The molecule has 21 heavy (non-hydrogen) atoms. The van der Waals surface area contributed by atoms with Gasteiger partial charge < -0.3 is 19.3 Å². The van der Waals surface area contributed by atoms with Crippen LogP contribution in [0.4, 0.5) is 11.5 Å². The minimum absolute atomic E-state index is 0.301. The lowest BCUT2D eigenvalue weighted by Crippen LogP contribution is -2.43. The Labute approximate surface area is 125 Å². The molecule has 0 saturated carbocycles. The van der Waals surface area contributed by atoms with E-state index in [0.717, 1.165) is 38.6 Å². The Morgan fingerprint density at radius 1 is 1.14 bits per heavy atom. The average molecular weight is 289 g/mol. The van der Waals surface area contributed by atoms with Crippen molar-refractivity contribution in [1.29, 1.82) is 0 Å². The number of hydrogen-bond acceptors (Lipinski definition) is 5. The van der Waals surface area contributed by atoms with E-state index in [1.165, 1.54) is 18.5 Å². The average Bonchev–Trinajstić information content (AvgIpc) is 2.86. The summed E-state index contributed by atoms with van der Waals surface area (Å²) in [5, 5.41) is 0. The van der Waals surface area contributed by atoms with Crippen LogP contribution in [0.5, 0.6) is 0 Å². The summed E-state index contributed by atoms with van der Waals surface area (Å²) in [7, 11) is 0. The van der Waals surface area contributed by atoms with Crippen molar-refractivity contribution in [3.05, 3.63) is 18.3 Å². The van der Waals surface area contributed by atoms with Gasteiger partial charge in [0.15, 0.2) is 0 Å². The van der Waals surface area contributed by atoms with Gasteiger partial charge in [-0.25, -0.2) is 4.98 Å². The van der Waals surface area contributed by atoms with Crippen LogP contribution in [0.15, 0.2) is 18.3 Å². The van der Waals surface area contributed by atoms with Crippen molar-refractivity contribution in [2.75, 3.05) is 42.6 Å². The highest BCUT2D eigenvalue weighted by molar-refractivity contribution is 5.55. The molecule has 0 aromatic carbocycles. The highest BCUT2D eigenvalue weighted by Crippen LogP contribution is 2.30. The molecule has 0 N–H and O–H groups in total. The van der Waals surface area contributed by atoms with E-state index in [4.69, 9.17) is 9.47 Å². The van der Waals surface area contributed by atoms with Crippen molar-refractivity contribution in [3.8, 4) is 0 Å². The minimum atomic E-state index is 0.301. The molecule has 3 unspecified atom stereocenters. The second kappa shape index (κ2) is 5.46. The maximum Gasteiger partial charge on any atom is 0.130 e. The van der Waals surface area contributed by atoms with Crippen molar-refractivity contribution in [3.63, 3.8) is 0 Å². The van der Waals surface area contributed by atoms with Crippen molar-refractivity contribution in [1.82, 2.24) is 4.98 Å². The van der Waals surface area contributed by atoms with Crippen LogP contribution in [0.3, 0.4) is 0 Å². The Hall–Kier alpha value is -1.33. The molecule has 1 aromatic heterocycles. The van der Waals surface area contributed by atoms with Crippen molar-refractivity contribution >= 4 is 11.5 Å². The predicted octanol–water partition coefficient (Wildman–Crippen LogP) is 1.67. The number of anilines is 2. The summed E-state index contributed by atoms with van der Waals surface area (Å²) in [6, 6.07) is 4.33. The highest BCUT2D eigenvalue weighted by atomic mass is 16.5. The summed E-state index contributed by atoms with van der Waals surface area (Å²) in [6.45, 7) is 6.81. The number of ether oxygens (including phenoxy) is 2. The number of hydrogen-bond donors (Lipinski definition) is 0. The fourth-order valence-corrected chi connectivity index (χ4v) is 3.63. The topological polar surface area (TPSA) is 37.8 Å². The van der Waals surface area contributed by atoms with Crippen molar-refractivity contribution in [2.45, 2.75) is 38.1 Å². The van der Waals surface area contributed by atoms with Gasteiger partial charge in [0.05, 0.1) is 24.9 Å². The van der Waals surface area contributed by atoms with Gasteiger partial charge in [-0.1, -0.05) is 0 Å². The van der Waals surface area contributed by atoms with Gasteiger partial charge >= 0.3 is 0 Å².